The number of methoxy groups -OCH3 is 1. The first-order chi connectivity index (χ1) is 14.2. The van der Waals surface area contributed by atoms with Gasteiger partial charge < -0.3 is 9.47 Å². The molecule has 1 aromatic carbocycles. The van der Waals surface area contributed by atoms with Gasteiger partial charge >= 0.3 is 0 Å². The summed E-state index contributed by atoms with van der Waals surface area (Å²) in [5, 5.41) is 0. The van der Waals surface area contributed by atoms with Crippen molar-refractivity contribution in [2.45, 2.75) is 70.6 Å². The molecule has 4 rings (SSSR count). The Morgan fingerprint density at radius 1 is 0.793 bits per heavy atom. The van der Waals surface area contributed by atoms with Gasteiger partial charge in [0.05, 0.1) is 7.11 Å². The Balaban J connectivity index is 1.24. The predicted molar refractivity (Wildman–Crippen MR) is 111 cm³/mol. The first-order valence-electron chi connectivity index (χ1n) is 11.5. The standard InChI is InChI=1S/C25H34F2O2/c1-28-22-14-15-23(25(27)24(22)26)29-16-17-6-8-19(9-7-17)21-12-10-20(11-13-21)18-4-2-3-5-18/h6,14-15,18-21H,2-5,7-13,16H2,1H3. The fourth-order valence-corrected chi connectivity index (χ4v) is 5.94. The van der Waals surface area contributed by atoms with Crippen molar-refractivity contribution in [1.29, 1.82) is 0 Å². The van der Waals surface area contributed by atoms with E-state index < -0.39 is 11.6 Å². The molecule has 160 valence electrons. The molecule has 4 heteroatoms. The minimum Gasteiger partial charge on any atom is -0.494 e. The van der Waals surface area contributed by atoms with Gasteiger partial charge in [-0.3, -0.25) is 0 Å². The van der Waals surface area contributed by atoms with E-state index in [1.807, 2.05) is 0 Å². The number of allylic oxidation sites excluding steroid dienone is 1. The predicted octanol–water partition coefficient (Wildman–Crippen LogP) is 7.08. The summed E-state index contributed by atoms with van der Waals surface area (Å²) in [6.07, 6.45) is 17.1. The third kappa shape index (κ3) is 4.78. The molecule has 0 aromatic heterocycles. The molecule has 3 aliphatic carbocycles. The smallest absolute Gasteiger partial charge is 0.204 e. The normalized spacial score (nSPS) is 28.2. The first kappa shape index (κ1) is 20.7. The molecule has 0 heterocycles. The van der Waals surface area contributed by atoms with Crippen molar-refractivity contribution in [2.75, 3.05) is 13.7 Å². The van der Waals surface area contributed by atoms with Gasteiger partial charge in [0, 0.05) is 0 Å². The van der Waals surface area contributed by atoms with Crippen LogP contribution in [0.3, 0.4) is 0 Å². The van der Waals surface area contributed by atoms with E-state index in [0.717, 1.165) is 36.5 Å². The van der Waals surface area contributed by atoms with Gasteiger partial charge in [-0.05, 0) is 86.3 Å². The SMILES string of the molecule is COc1ccc(OCC2=CCC(C3CCC(C4CCCC4)CC3)CC2)c(F)c1F. The second-order valence-electron chi connectivity index (χ2n) is 9.30. The number of halogens is 2. The molecule has 0 saturated heterocycles. The minimum absolute atomic E-state index is 0.0449. The number of benzene rings is 1. The molecule has 0 radical (unpaired) electrons. The topological polar surface area (TPSA) is 18.5 Å². The molecular formula is C25H34F2O2. The third-order valence-electron chi connectivity index (χ3n) is 7.74. The summed E-state index contributed by atoms with van der Waals surface area (Å²) in [6, 6.07) is 2.84. The summed E-state index contributed by atoms with van der Waals surface area (Å²) >= 11 is 0. The zero-order valence-electron chi connectivity index (χ0n) is 17.6. The van der Waals surface area contributed by atoms with Crippen LogP contribution in [0.2, 0.25) is 0 Å². The van der Waals surface area contributed by atoms with E-state index in [4.69, 9.17) is 9.47 Å². The highest BCUT2D eigenvalue weighted by Crippen LogP contribution is 2.45. The summed E-state index contributed by atoms with van der Waals surface area (Å²) in [7, 11) is 1.32. The Morgan fingerprint density at radius 3 is 2.00 bits per heavy atom. The summed E-state index contributed by atoms with van der Waals surface area (Å²) in [5.41, 5.74) is 1.21. The molecule has 0 aliphatic heterocycles. The lowest BCUT2D eigenvalue weighted by Crippen LogP contribution is -2.26. The van der Waals surface area contributed by atoms with Crippen molar-refractivity contribution in [1.82, 2.24) is 0 Å². The van der Waals surface area contributed by atoms with E-state index in [1.54, 1.807) is 0 Å². The zero-order chi connectivity index (χ0) is 20.2. The maximum atomic E-state index is 14.1. The number of rotatable bonds is 6. The maximum absolute atomic E-state index is 14.1. The average Bonchev–Trinajstić information content (AvgIpc) is 3.30. The zero-order valence-corrected chi connectivity index (χ0v) is 17.6. The third-order valence-corrected chi connectivity index (χ3v) is 7.74. The molecule has 1 atom stereocenters. The van der Waals surface area contributed by atoms with Gasteiger partial charge in [-0.25, -0.2) is 0 Å². The highest BCUT2D eigenvalue weighted by molar-refractivity contribution is 5.35. The summed E-state index contributed by atoms with van der Waals surface area (Å²) in [5.74, 6) is 1.58. The fraction of sp³-hybridized carbons (Fsp3) is 0.680. The van der Waals surface area contributed by atoms with Crippen LogP contribution < -0.4 is 9.47 Å². The minimum atomic E-state index is -0.990. The van der Waals surface area contributed by atoms with Crippen LogP contribution >= 0.6 is 0 Å². The maximum Gasteiger partial charge on any atom is 0.204 e. The molecule has 1 aromatic rings. The van der Waals surface area contributed by atoms with Crippen molar-refractivity contribution in [3.63, 3.8) is 0 Å². The second-order valence-corrected chi connectivity index (χ2v) is 9.30. The Hall–Kier alpha value is -1.58. The molecule has 0 N–H and O–H groups in total. The van der Waals surface area contributed by atoms with Gasteiger partial charge in [0.2, 0.25) is 11.6 Å². The van der Waals surface area contributed by atoms with E-state index in [2.05, 4.69) is 6.08 Å². The van der Waals surface area contributed by atoms with Crippen LogP contribution in [0.5, 0.6) is 11.5 Å². The number of hydrogen-bond acceptors (Lipinski definition) is 2. The van der Waals surface area contributed by atoms with E-state index in [-0.39, 0.29) is 11.5 Å². The monoisotopic (exact) mass is 404 g/mol. The van der Waals surface area contributed by atoms with Gasteiger partial charge in [0.1, 0.15) is 6.61 Å². The van der Waals surface area contributed by atoms with Crippen LogP contribution in [-0.4, -0.2) is 13.7 Å². The molecular weight excluding hydrogens is 370 g/mol. The Kier molecular flexibility index (Phi) is 6.77. The van der Waals surface area contributed by atoms with E-state index >= 15 is 0 Å². The number of ether oxygens (including phenoxy) is 2. The lowest BCUT2D eigenvalue weighted by molar-refractivity contribution is 0.155. The highest BCUT2D eigenvalue weighted by Gasteiger charge is 2.32. The molecule has 2 fully saturated rings. The highest BCUT2D eigenvalue weighted by atomic mass is 19.2. The summed E-state index contributed by atoms with van der Waals surface area (Å²) < 4.78 is 38.2. The molecule has 1 unspecified atom stereocenters. The quantitative estimate of drug-likeness (QED) is 0.472. The molecule has 0 amide bonds. The first-order valence-corrected chi connectivity index (χ1v) is 11.5. The molecule has 3 aliphatic rings. The van der Waals surface area contributed by atoms with Crippen LogP contribution in [0.4, 0.5) is 8.78 Å². The molecule has 0 bridgehead atoms. The van der Waals surface area contributed by atoms with Crippen LogP contribution in [-0.2, 0) is 0 Å². The van der Waals surface area contributed by atoms with Crippen molar-refractivity contribution in [3.8, 4) is 11.5 Å². The molecule has 29 heavy (non-hydrogen) atoms. The Bertz CT molecular complexity index is 716. The van der Waals surface area contributed by atoms with E-state index in [9.17, 15) is 8.78 Å². The summed E-state index contributed by atoms with van der Waals surface area (Å²) in [4.78, 5) is 0. The number of hydrogen-bond donors (Lipinski definition) is 0. The van der Waals surface area contributed by atoms with Crippen molar-refractivity contribution in [3.05, 3.63) is 35.4 Å². The van der Waals surface area contributed by atoms with Crippen molar-refractivity contribution < 1.29 is 18.3 Å². The van der Waals surface area contributed by atoms with Crippen LogP contribution in [0, 0.1) is 35.3 Å². The van der Waals surface area contributed by atoms with Gasteiger partial charge in [-0.2, -0.15) is 8.78 Å². The van der Waals surface area contributed by atoms with Crippen molar-refractivity contribution >= 4 is 0 Å². The summed E-state index contributed by atoms with van der Waals surface area (Å²) in [6.45, 7) is 0.337. The van der Waals surface area contributed by atoms with Crippen molar-refractivity contribution in [2.24, 2.45) is 23.7 Å². The van der Waals surface area contributed by atoms with Crippen LogP contribution in [0.25, 0.3) is 0 Å². The van der Waals surface area contributed by atoms with E-state index in [0.29, 0.717) is 6.61 Å². The van der Waals surface area contributed by atoms with E-state index in [1.165, 1.54) is 82.6 Å². The van der Waals surface area contributed by atoms with Crippen LogP contribution in [0.15, 0.2) is 23.8 Å². The second kappa shape index (κ2) is 9.49. The Morgan fingerprint density at radius 2 is 1.38 bits per heavy atom. The largest absolute Gasteiger partial charge is 0.494 e. The lowest BCUT2D eigenvalue weighted by Gasteiger charge is -2.37. The molecule has 0 spiro atoms. The molecule has 2 saturated carbocycles. The van der Waals surface area contributed by atoms with Gasteiger partial charge in [-0.1, -0.05) is 31.8 Å². The lowest BCUT2D eigenvalue weighted by atomic mass is 9.69. The van der Waals surface area contributed by atoms with Gasteiger partial charge in [-0.15, -0.1) is 0 Å². The van der Waals surface area contributed by atoms with Gasteiger partial charge in [0.15, 0.2) is 11.5 Å². The average molecular weight is 405 g/mol. The van der Waals surface area contributed by atoms with Crippen LogP contribution in [0.1, 0.15) is 70.6 Å². The fourth-order valence-electron chi connectivity index (χ4n) is 5.94. The Labute approximate surface area is 173 Å². The molecule has 2 nitrogen and oxygen atoms in total. The van der Waals surface area contributed by atoms with Gasteiger partial charge in [0.25, 0.3) is 0 Å².